The van der Waals surface area contributed by atoms with Crippen LogP contribution in [0.1, 0.15) is 5.56 Å². The number of ether oxygens (including phenoxy) is 1. The Morgan fingerprint density at radius 3 is 2.68 bits per heavy atom. The number of hydrogen-bond donors (Lipinski definition) is 1. The molecule has 0 aliphatic rings. The molecule has 0 unspecified atom stereocenters. The Kier molecular flexibility index (Phi) is 4.05. The molecular formula is C17H16FN3O. The van der Waals surface area contributed by atoms with Crippen molar-refractivity contribution in [1.29, 1.82) is 0 Å². The van der Waals surface area contributed by atoms with Gasteiger partial charge in [0, 0.05) is 25.0 Å². The summed E-state index contributed by atoms with van der Waals surface area (Å²) in [6.45, 7) is 0.626. The van der Waals surface area contributed by atoms with E-state index in [4.69, 9.17) is 4.74 Å². The summed E-state index contributed by atoms with van der Waals surface area (Å²) in [5.41, 5.74) is 2.88. The molecule has 0 fully saturated rings. The topological polar surface area (TPSA) is 39.1 Å². The highest BCUT2D eigenvalue weighted by Gasteiger charge is 2.04. The van der Waals surface area contributed by atoms with Crippen molar-refractivity contribution < 1.29 is 9.13 Å². The van der Waals surface area contributed by atoms with Gasteiger partial charge in [-0.15, -0.1) is 0 Å². The van der Waals surface area contributed by atoms with Crippen molar-refractivity contribution in [1.82, 2.24) is 9.78 Å². The van der Waals surface area contributed by atoms with Crippen LogP contribution in [-0.4, -0.2) is 16.9 Å². The predicted molar refractivity (Wildman–Crippen MR) is 83.8 cm³/mol. The standard InChI is InChI=1S/C17H16FN3O/c1-22-17-11-14(18)5-8-16(17)19-12-13-3-6-15(7-4-13)21-10-2-9-20-21/h2-11,19H,12H2,1H3. The molecule has 0 saturated heterocycles. The van der Waals surface area contributed by atoms with E-state index in [1.165, 1.54) is 19.2 Å². The first-order chi connectivity index (χ1) is 10.8. The zero-order valence-electron chi connectivity index (χ0n) is 12.2. The summed E-state index contributed by atoms with van der Waals surface area (Å²) in [7, 11) is 1.53. The van der Waals surface area contributed by atoms with E-state index in [1.54, 1.807) is 16.9 Å². The third kappa shape index (κ3) is 3.09. The van der Waals surface area contributed by atoms with Crippen molar-refractivity contribution in [2.24, 2.45) is 0 Å². The molecule has 5 heteroatoms. The molecule has 4 nitrogen and oxygen atoms in total. The van der Waals surface area contributed by atoms with Gasteiger partial charge in [-0.05, 0) is 35.9 Å². The van der Waals surface area contributed by atoms with Gasteiger partial charge in [0.15, 0.2) is 0 Å². The third-order valence-corrected chi connectivity index (χ3v) is 3.35. The average molecular weight is 297 g/mol. The van der Waals surface area contributed by atoms with Crippen LogP contribution < -0.4 is 10.1 Å². The molecule has 0 bridgehead atoms. The van der Waals surface area contributed by atoms with Crippen LogP contribution in [-0.2, 0) is 6.54 Å². The molecule has 0 aliphatic heterocycles. The summed E-state index contributed by atoms with van der Waals surface area (Å²) in [6.07, 6.45) is 3.65. The summed E-state index contributed by atoms with van der Waals surface area (Å²) >= 11 is 0. The molecular weight excluding hydrogens is 281 g/mol. The smallest absolute Gasteiger partial charge is 0.144 e. The molecule has 3 aromatic rings. The molecule has 0 saturated carbocycles. The first kappa shape index (κ1) is 14.1. The quantitative estimate of drug-likeness (QED) is 0.781. The van der Waals surface area contributed by atoms with E-state index in [0.717, 1.165) is 16.9 Å². The summed E-state index contributed by atoms with van der Waals surface area (Å²) in [6, 6.07) is 14.4. The largest absolute Gasteiger partial charge is 0.494 e. The molecule has 1 heterocycles. The lowest BCUT2D eigenvalue weighted by molar-refractivity contribution is 0.413. The van der Waals surface area contributed by atoms with Gasteiger partial charge in [-0.1, -0.05) is 12.1 Å². The van der Waals surface area contributed by atoms with Crippen molar-refractivity contribution in [2.45, 2.75) is 6.54 Å². The zero-order valence-corrected chi connectivity index (χ0v) is 12.2. The van der Waals surface area contributed by atoms with Gasteiger partial charge in [0.05, 0.1) is 18.5 Å². The third-order valence-electron chi connectivity index (χ3n) is 3.35. The Morgan fingerprint density at radius 1 is 1.18 bits per heavy atom. The van der Waals surface area contributed by atoms with E-state index in [9.17, 15) is 4.39 Å². The molecule has 0 spiro atoms. The van der Waals surface area contributed by atoms with Gasteiger partial charge in [-0.25, -0.2) is 9.07 Å². The van der Waals surface area contributed by atoms with Crippen molar-refractivity contribution >= 4 is 5.69 Å². The number of halogens is 1. The normalized spacial score (nSPS) is 10.5. The predicted octanol–water partition coefficient (Wildman–Crippen LogP) is 3.63. The number of methoxy groups -OCH3 is 1. The maximum Gasteiger partial charge on any atom is 0.144 e. The number of nitrogens with one attached hydrogen (secondary N) is 1. The molecule has 0 amide bonds. The Hall–Kier alpha value is -2.82. The molecule has 0 aliphatic carbocycles. The number of aromatic nitrogens is 2. The van der Waals surface area contributed by atoms with Crippen LogP contribution in [0.25, 0.3) is 5.69 Å². The number of rotatable bonds is 5. The SMILES string of the molecule is COc1cc(F)ccc1NCc1ccc(-n2cccn2)cc1. The maximum absolute atomic E-state index is 13.2. The minimum absolute atomic E-state index is 0.314. The van der Waals surface area contributed by atoms with Crippen LogP contribution in [0.5, 0.6) is 5.75 Å². The monoisotopic (exact) mass is 297 g/mol. The van der Waals surface area contributed by atoms with Gasteiger partial charge in [0.1, 0.15) is 11.6 Å². The van der Waals surface area contributed by atoms with E-state index in [2.05, 4.69) is 10.4 Å². The van der Waals surface area contributed by atoms with Crippen molar-refractivity contribution in [2.75, 3.05) is 12.4 Å². The molecule has 112 valence electrons. The minimum Gasteiger partial charge on any atom is -0.494 e. The number of nitrogens with zero attached hydrogens (tertiary/aromatic N) is 2. The Morgan fingerprint density at radius 2 is 2.00 bits per heavy atom. The van der Waals surface area contributed by atoms with Crippen molar-refractivity contribution in [3.63, 3.8) is 0 Å². The Bertz CT molecular complexity index is 739. The van der Waals surface area contributed by atoms with Crippen LogP contribution in [0, 0.1) is 5.82 Å². The molecule has 1 N–H and O–H groups in total. The summed E-state index contributed by atoms with van der Waals surface area (Å²) in [4.78, 5) is 0. The molecule has 0 radical (unpaired) electrons. The van der Waals surface area contributed by atoms with Crippen LogP contribution >= 0.6 is 0 Å². The van der Waals surface area contributed by atoms with Gasteiger partial charge in [-0.2, -0.15) is 5.10 Å². The second kappa shape index (κ2) is 6.30. The Balaban J connectivity index is 1.69. The second-order valence-electron chi connectivity index (χ2n) is 4.82. The maximum atomic E-state index is 13.2. The van der Waals surface area contributed by atoms with E-state index >= 15 is 0 Å². The molecule has 22 heavy (non-hydrogen) atoms. The molecule has 0 atom stereocenters. The van der Waals surface area contributed by atoms with Gasteiger partial charge in [0.25, 0.3) is 0 Å². The highest BCUT2D eigenvalue weighted by Crippen LogP contribution is 2.25. The first-order valence-electron chi connectivity index (χ1n) is 6.92. The highest BCUT2D eigenvalue weighted by atomic mass is 19.1. The molecule has 1 aromatic heterocycles. The number of benzene rings is 2. The summed E-state index contributed by atoms with van der Waals surface area (Å²) in [5, 5.41) is 7.44. The average Bonchev–Trinajstić information content (AvgIpc) is 3.08. The fourth-order valence-corrected chi connectivity index (χ4v) is 2.20. The van der Waals surface area contributed by atoms with Crippen LogP contribution in [0.3, 0.4) is 0 Å². The van der Waals surface area contributed by atoms with E-state index in [-0.39, 0.29) is 5.82 Å². The van der Waals surface area contributed by atoms with Crippen molar-refractivity contribution in [3.05, 3.63) is 72.3 Å². The Labute approximate surface area is 128 Å². The fraction of sp³-hybridized carbons (Fsp3) is 0.118. The summed E-state index contributed by atoms with van der Waals surface area (Å²) < 4.78 is 20.1. The highest BCUT2D eigenvalue weighted by molar-refractivity contribution is 5.56. The van der Waals surface area contributed by atoms with Gasteiger partial charge in [-0.3, -0.25) is 0 Å². The van der Waals surface area contributed by atoms with Gasteiger partial charge < -0.3 is 10.1 Å². The van der Waals surface area contributed by atoms with E-state index in [1.807, 2.05) is 36.5 Å². The van der Waals surface area contributed by atoms with E-state index < -0.39 is 0 Å². The number of anilines is 1. The first-order valence-corrected chi connectivity index (χ1v) is 6.92. The minimum atomic E-state index is -0.314. The lowest BCUT2D eigenvalue weighted by Crippen LogP contribution is -2.02. The molecule has 3 rings (SSSR count). The van der Waals surface area contributed by atoms with Crippen molar-refractivity contribution in [3.8, 4) is 11.4 Å². The van der Waals surface area contributed by atoms with Crippen LogP contribution in [0.4, 0.5) is 10.1 Å². The van der Waals surface area contributed by atoms with Gasteiger partial charge >= 0.3 is 0 Å². The summed E-state index contributed by atoms with van der Waals surface area (Å²) in [5.74, 6) is 0.180. The zero-order chi connectivity index (χ0) is 15.4. The molecule has 2 aromatic carbocycles. The lowest BCUT2D eigenvalue weighted by Gasteiger charge is -2.11. The van der Waals surface area contributed by atoms with E-state index in [0.29, 0.717) is 12.3 Å². The lowest BCUT2D eigenvalue weighted by atomic mass is 10.2. The van der Waals surface area contributed by atoms with Crippen LogP contribution in [0.2, 0.25) is 0 Å². The number of hydrogen-bond acceptors (Lipinski definition) is 3. The van der Waals surface area contributed by atoms with Crippen LogP contribution in [0.15, 0.2) is 60.9 Å². The fourth-order valence-electron chi connectivity index (χ4n) is 2.20. The second-order valence-corrected chi connectivity index (χ2v) is 4.82. The van der Waals surface area contributed by atoms with Gasteiger partial charge in [0.2, 0.25) is 0 Å².